The van der Waals surface area contributed by atoms with Crippen molar-refractivity contribution in [1.82, 2.24) is 0 Å². The van der Waals surface area contributed by atoms with E-state index in [4.69, 9.17) is 23.2 Å². The Morgan fingerprint density at radius 1 is 1.00 bits per heavy atom. The highest BCUT2D eigenvalue weighted by molar-refractivity contribution is 6.38. The normalized spacial score (nSPS) is 35.0. The van der Waals surface area contributed by atoms with Crippen LogP contribution in [0.5, 0.6) is 0 Å². The van der Waals surface area contributed by atoms with E-state index in [1.807, 2.05) is 0 Å². The molecule has 0 N–H and O–H groups in total. The molecule has 104 valence electrons. The lowest BCUT2D eigenvalue weighted by atomic mass is 9.81. The smallest absolute Gasteiger partial charge is 0.238 e. The van der Waals surface area contributed by atoms with Crippen LogP contribution in [-0.4, -0.2) is 11.8 Å². The Labute approximate surface area is 126 Å². The van der Waals surface area contributed by atoms with Crippen molar-refractivity contribution >= 4 is 40.7 Å². The number of amides is 2. The van der Waals surface area contributed by atoms with E-state index >= 15 is 0 Å². The van der Waals surface area contributed by atoms with Crippen LogP contribution >= 0.6 is 23.2 Å². The number of carbonyl (C=O) groups is 2. The highest BCUT2D eigenvalue weighted by atomic mass is 35.5. The van der Waals surface area contributed by atoms with Crippen LogP contribution < -0.4 is 4.90 Å². The molecule has 4 atom stereocenters. The van der Waals surface area contributed by atoms with Gasteiger partial charge in [0, 0.05) is 5.02 Å². The Morgan fingerprint density at radius 3 is 2.15 bits per heavy atom. The summed E-state index contributed by atoms with van der Waals surface area (Å²) >= 11 is 12.0. The molecule has 3 fully saturated rings. The average molecular weight is 310 g/mol. The number of benzene rings is 1. The number of nitrogens with zero attached hydrogens (tertiary/aromatic N) is 1. The van der Waals surface area contributed by atoms with Gasteiger partial charge in [0.2, 0.25) is 11.8 Å². The standard InChI is InChI=1S/C15H13Cl2NO2/c16-9-3-4-11(10(17)6-9)18-14(19)12-7-1-2-8(5-7)13(12)15(18)20/h3-4,6-8,12-13H,1-2,5H2/t7-,8+,12+,13-. The van der Waals surface area contributed by atoms with Gasteiger partial charge in [-0.3, -0.25) is 9.59 Å². The predicted octanol–water partition coefficient (Wildman–Crippen LogP) is 3.53. The topological polar surface area (TPSA) is 37.4 Å². The van der Waals surface area contributed by atoms with E-state index in [0.717, 1.165) is 19.3 Å². The van der Waals surface area contributed by atoms with Gasteiger partial charge in [-0.05, 0) is 49.3 Å². The molecule has 1 saturated heterocycles. The minimum Gasteiger partial charge on any atom is -0.274 e. The first-order valence-corrected chi connectivity index (χ1v) is 7.66. The number of hydrogen-bond donors (Lipinski definition) is 0. The van der Waals surface area contributed by atoms with Gasteiger partial charge >= 0.3 is 0 Å². The van der Waals surface area contributed by atoms with Gasteiger partial charge in [-0.15, -0.1) is 0 Å². The largest absolute Gasteiger partial charge is 0.274 e. The summed E-state index contributed by atoms with van der Waals surface area (Å²) < 4.78 is 0. The Bertz CT molecular complexity index is 602. The second-order valence-electron chi connectivity index (χ2n) is 5.99. The molecule has 3 nitrogen and oxygen atoms in total. The van der Waals surface area contributed by atoms with Crippen LogP contribution in [0.3, 0.4) is 0 Å². The van der Waals surface area contributed by atoms with Crippen molar-refractivity contribution in [2.24, 2.45) is 23.7 Å². The second kappa shape index (κ2) is 4.22. The van der Waals surface area contributed by atoms with Crippen LogP contribution in [0.25, 0.3) is 0 Å². The molecule has 3 aliphatic rings. The van der Waals surface area contributed by atoms with Gasteiger partial charge in [-0.1, -0.05) is 23.2 Å². The van der Waals surface area contributed by atoms with Gasteiger partial charge < -0.3 is 0 Å². The summed E-state index contributed by atoms with van der Waals surface area (Å²) in [4.78, 5) is 26.6. The number of fused-ring (bicyclic) bond motifs is 5. The van der Waals surface area contributed by atoms with Crippen LogP contribution in [0.2, 0.25) is 10.0 Å². The fraction of sp³-hybridized carbons (Fsp3) is 0.467. The lowest BCUT2D eigenvalue weighted by Gasteiger charge is -2.19. The molecular formula is C15H13Cl2NO2. The number of halogens is 2. The molecule has 0 spiro atoms. The second-order valence-corrected chi connectivity index (χ2v) is 6.84. The first-order chi connectivity index (χ1) is 9.58. The maximum absolute atomic E-state index is 12.6. The molecule has 2 saturated carbocycles. The monoisotopic (exact) mass is 309 g/mol. The molecule has 1 aromatic carbocycles. The maximum Gasteiger partial charge on any atom is 0.238 e. The van der Waals surface area contributed by atoms with Gasteiger partial charge in [-0.2, -0.15) is 0 Å². The van der Waals surface area contributed by atoms with Crippen LogP contribution in [0.1, 0.15) is 19.3 Å². The fourth-order valence-corrected chi connectivity index (χ4v) is 4.80. The summed E-state index contributed by atoms with van der Waals surface area (Å²) in [6, 6.07) is 4.89. The Hall–Kier alpha value is -1.06. The molecule has 2 bridgehead atoms. The van der Waals surface area contributed by atoms with E-state index < -0.39 is 0 Å². The third-order valence-electron chi connectivity index (χ3n) is 5.08. The molecule has 5 heteroatoms. The van der Waals surface area contributed by atoms with E-state index in [0.29, 0.717) is 27.6 Å². The van der Waals surface area contributed by atoms with Gasteiger partial charge in [-0.25, -0.2) is 4.90 Å². The minimum atomic E-state index is -0.118. The van der Waals surface area contributed by atoms with Crippen molar-refractivity contribution in [2.45, 2.75) is 19.3 Å². The van der Waals surface area contributed by atoms with E-state index in [1.165, 1.54) is 4.90 Å². The van der Waals surface area contributed by atoms with Crippen molar-refractivity contribution in [3.05, 3.63) is 28.2 Å². The quantitative estimate of drug-likeness (QED) is 0.744. The summed E-state index contributed by atoms with van der Waals surface area (Å²) in [5.41, 5.74) is 0.472. The molecule has 0 aromatic heterocycles. The molecule has 2 aliphatic carbocycles. The summed E-state index contributed by atoms with van der Waals surface area (Å²) in [5.74, 6) is 0.392. The van der Waals surface area contributed by atoms with Crippen molar-refractivity contribution < 1.29 is 9.59 Å². The summed E-state index contributed by atoms with van der Waals surface area (Å²) in [7, 11) is 0. The Kier molecular flexibility index (Phi) is 2.67. The van der Waals surface area contributed by atoms with E-state index in [9.17, 15) is 9.59 Å². The molecule has 1 aliphatic heterocycles. The lowest BCUT2D eigenvalue weighted by Crippen LogP contribution is -2.32. The third-order valence-corrected chi connectivity index (χ3v) is 5.62. The zero-order valence-corrected chi connectivity index (χ0v) is 12.2. The molecule has 1 heterocycles. The molecule has 0 unspecified atom stereocenters. The number of hydrogen-bond acceptors (Lipinski definition) is 2. The Morgan fingerprint density at radius 2 is 1.60 bits per heavy atom. The number of anilines is 1. The van der Waals surface area contributed by atoms with Crippen molar-refractivity contribution in [1.29, 1.82) is 0 Å². The molecule has 4 rings (SSSR count). The molecule has 20 heavy (non-hydrogen) atoms. The maximum atomic E-state index is 12.6. The van der Waals surface area contributed by atoms with Crippen molar-refractivity contribution in [3.63, 3.8) is 0 Å². The number of carbonyl (C=O) groups excluding carboxylic acids is 2. The van der Waals surface area contributed by atoms with Crippen LogP contribution in [0.4, 0.5) is 5.69 Å². The van der Waals surface area contributed by atoms with Gasteiger partial charge in [0.15, 0.2) is 0 Å². The highest BCUT2D eigenvalue weighted by Crippen LogP contribution is 2.57. The first-order valence-electron chi connectivity index (χ1n) is 6.91. The molecule has 0 radical (unpaired) electrons. The predicted molar refractivity (Wildman–Crippen MR) is 76.8 cm³/mol. The molecule has 2 amide bonds. The van der Waals surface area contributed by atoms with Gasteiger partial charge in [0.25, 0.3) is 0 Å². The van der Waals surface area contributed by atoms with Crippen LogP contribution in [0.15, 0.2) is 18.2 Å². The molecular weight excluding hydrogens is 297 g/mol. The number of rotatable bonds is 1. The van der Waals surface area contributed by atoms with E-state index in [2.05, 4.69) is 0 Å². The van der Waals surface area contributed by atoms with Gasteiger partial charge in [0.1, 0.15) is 0 Å². The van der Waals surface area contributed by atoms with Crippen molar-refractivity contribution in [2.75, 3.05) is 4.90 Å². The number of imide groups is 1. The van der Waals surface area contributed by atoms with Gasteiger partial charge in [0.05, 0.1) is 22.5 Å². The van der Waals surface area contributed by atoms with E-state index in [-0.39, 0.29) is 23.7 Å². The van der Waals surface area contributed by atoms with Crippen LogP contribution in [0, 0.1) is 23.7 Å². The zero-order valence-electron chi connectivity index (χ0n) is 10.7. The summed E-state index contributed by atoms with van der Waals surface area (Å²) in [5, 5.41) is 0.852. The highest BCUT2D eigenvalue weighted by Gasteiger charge is 2.61. The summed E-state index contributed by atoms with van der Waals surface area (Å²) in [6.45, 7) is 0. The lowest BCUT2D eigenvalue weighted by molar-refractivity contribution is -0.123. The summed E-state index contributed by atoms with van der Waals surface area (Å²) in [6.07, 6.45) is 3.19. The third kappa shape index (κ3) is 1.54. The molecule has 1 aromatic rings. The van der Waals surface area contributed by atoms with E-state index in [1.54, 1.807) is 18.2 Å². The SMILES string of the molecule is O=C1[C@@H]2[C@H]3CC[C@H](C3)[C@@H]2C(=O)N1c1ccc(Cl)cc1Cl. The fourth-order valence-electron chi connectivity index (χ4n) is 4.31. The van der Waals surface area contributed by atoms with Crippen LogP contribution in [-0.2, 0) is 9.59 Å². The average Bonchev–Trinajstić information content (AvgIpc) is 3.06. The Balaban J connectivity index is 1.77. The minimum absolute atomic E-state index is 0.0728. The zero-order chi connectivity index (χ0) is 14.0. The van der Waals surface area contributed by atoms with Crippen molar-refractivity contribution in [3.8, 4) is 0 Å². The first kappa shape index (κ1) is 12.7.